The fourth-order valence-electron chi connectivity index (χ4n) is 1.69. The van der Waals surface area contributed by atoms with Crippen molar-refractivity contribution in [3.63, 3.8) is 0 Å². The van der Waals surface area contributed by atoms with Gasteiger partial charge in [-0.3, -0.25) is 9.78 Å². The van der Waals surface area contributed by atoms with Crippen LogP contribution >= 0.6 is 15.9 Å². The lowest BCUT2D eigenvalue weighted by molar-refractivity contribution is 0.0913. The zero-order chi connectivity index (χ0) is 9.42. The number of hydrogen-bond donors (Lipinski definition) is 0. The Labute approximate surface area is 85.5 Å². The van der Waals surface area contributed by atoms with E-state index in [0.717, 1.165) is 28.4 Å². The molecule has 0 spiro atoms. The van der Waals surface area contributed by atoms with Crippen LogP contribution in [-0.4, -0.2) is 10.8 Å². The van der Waals surface area contributed by atoms with Gasteiger partial charge >= 0.3 is 0 Å². The molecular weight excluding hydrogens is 230 g/mol. The van der Waals surface area contributed by atoms with Crippen molar-refractivity contribution in [2.45, 2.75) is 19.8 Å². The Hall–Kier alpha value is -0.700. The Morgan fingerprint density at radius 1 is 1.54 bits per heavy atom. The summed E-state index contributed by atoms with van der Waals surface area (Å²) in [5, 5.41) is 0. The van der Waals surface area contributed by atoms with Gasteiger partial charge in [0.25, 0.3) is 0 Å². The number of nitrogens with zero attached hydrogens (tertiary/aromatic N) is 1. The van der Waals surface area contributed by atoms with E-state index in [9.17, 15) is 4.79 Å². The van der Waals surface area contributed by atoms with E-state index in [4.69, 9.17) is 0 Å². The zero-order valence-corrected chi connectivity index (χ0v) is 8.97. The third-order valence-corrected chi connectivity index (χ3v) is 3.23. The molecule has 1 aliphatic carbocycles. The van der Waals surface area contributed by atoms with Crippen LogP contribution in [-0.2, 0) is 6.42 Å². The number of carbonyl (C=O) groups excluding carboxylic acids is 1. The van der Waals surface area contributed by atoms with Gasteiger partial charge in [-0.15, -0.1) is 0 Å². The van der Waals surface area contributed by atoms with Gasteiger partial charge in [-0.2, -0.15) is 0 Å². The number of carbonyl (C=O) groups is 1. The van der Waals surface area contributed by atoms with Crippen LogP contribution in [0.5, 0.6) is 0 Å². The summed E-state index contributed by atoms with van der Waals surface area (Å²) in [7, 11) is 0. The minimum Gasteiger partial charge on any atom is -0.294 e. The van der Waals surface area contributed by atoms with E-state index in [2.05, 4.69) is 20.9 Å². The van der Waals surface area contributed by atoms with Crippen LogP contribution in [0.1, 0.15) is 29.3 Å². The highest BCUT2D eigenvalue weighted by atomic mass is 79.9. The molecule has 0 radical (unpaired) electrons. The Kier molecular flexibility index (Phi) is 2.20. The van der Waals surface area contributed by atoms with Gasteiger partial charge in [0.05, 0.1) is 0 Å². The minimum atomic E-state index is 0.156. The molecule has 0 saturated heterocycles. The molecule has 0 fully saturated rings. The smallest absolute Gasteiger partial charge is 0.167 e. The van der Waals surface area contributed by atoms with Gasteiger partial charge in [0.1, 0.15) is 0 Å². The molecule has 1 atom stereocenters. The van der Waals surface area contributed by atoms with Crippen molar-refractivity contribution in [2.24, 2.45) is 5.92 Å². The highest BCUT2D eigenvalue weighted by molar-refractivity contribution is 9.10. The van der Waals surface area contributed by atoms with Crippen LogP contribution in [0.4, 0.5) is 0 Å². The van der Waals surface area contributed by atoms with E-state index >= 15 is 0 Å². The van der Waals surface area contributed by atoms with Gasteiger partial charge < -0.3 is 0 Å². The third-order valence-electron chi connectivity index (χ3n) is 2.55. The van der Waals surface area contributed by atoms with Gasteiger partial charge in [0.2, 0.25) is 0 Å². The van der Waals surface area contributed by atoms with Crippen molar-refractivity contribution in [2.75, 3.05) is 0 Å². The molecule has 3 heteroatoms. The largest absolute Gasteiger partial charge is 0.294 e. The maximum absolute atomic E-state index is 11.7. The number of fused-ring (bicyclic) bond motifs is 1. The molecule has 13 heavy (non-hydrogen) atoms. The average Bonchev–Trinajstić information content (AvgIpc) is 2.12. The first-order valence-corrected chi connectivity index (χ1v) is 5.16. The maximum atomic E-state index is 11.7. The number of pyridine rings is 1. The molecular formula is C10H10BrNO. The summed E-state index contributed by atoms with van der Waals surface area (Å²) in [4.78, 5) is 15.7. The van der Waals surface area contributed by atoms with Crippen molar-refractivity contribution in [3.8, 4) is 0 Å². The van der Waals surface area contributed by atoms with E-state index in [1.165, 1.54) is 0 Å². The fourth-order valence-corrected chi connectivity index (χ4v) is 2.22. The molecule has 0 N–H and O–H groups in total. The first kappa shape index (κ1) is 8.88. The predicted octanol–water partition coefficient (Wildman–Crippen LogP) is 2.61. The number of Topliss-reactive ketones (excluding diaryl/α,β-unsaturated/α-hetero) is 1. The van der Waals surface area contributed by atoms with Crippen LogP contribution < -0.4 is 0 Å². The summed E-state index contributed by atoms with van der Waals surface area (Å²) in [6, 6.07) is 0. The highest BCUT2D eigenvalue weighted by Gasteiger charge is 2.25. The SMILES string of the molecule is CC1CCc2c(Br)cncc2C1=O. The molecule has 68 valence electrons. The highest BCUT2D eigenvalue weighted by Crippen LogP contribution is 2.29. The molecule has 1 aliphatic rings. The summed E-state index contributed by atoms with van der Waals surface area (Å²) in [6.07, 6.45) is 5.36. The quantitative estimate of drug-likeness (QED) is 0.697. The van der Waals surface area contributed by atoms with Gasteiger partial charge in [-0.05, 0) is 34.3 Å². The fraction of sp³-hybridized carbons (Fsp3) is 0.400. The van der Waals surface area contributed by atoms with Gasteiger partial charge in [-0.1, -0.05) is 6.92 Å². The monoisotopic (exact) mass is 239 g/mol. The Morgan fingerprint density at radius 3 is 3.08 bits per heavy atom. The minimum absolute atomic E-state index is 0.156. The second-order valence-corrected chi connectivity index (χ2v) is 4.31. The lowest BCUT2D eigenvalue weighted by Crippen LogP contribution is -2.20. The maximum Gasteiger partial charge on any atom is 0.167 e. The standard InChI is InChI=1S/C10H10BrNO/c1-6-2-3-7-8(10(6)13)4-12-5-9(7)11/h4-6H,2-3H2,1H3. The summed E-state index contributed by atoms with van der Waals surface area (Å²) >= 11 is 3.41. The third kappa shape index (κ3) is 1.41. The Morgan fingerprint density at radius 2 is 2.31 bits per heavy atom. The topological polar surface area (TPSA) is 30.0 Å². The van der Waals surface area contributed by atoms with E-state index in [1.54, 1.807) is 12.4 Å². The number of rotatable bonds is 0. The summed E-state index contributed by atoms with van der Waals surface area (Å²) in [5.41, 5.74) is 1.92. The van der Waals surface area contributed by atoms with Crippen molar-refractivity contribution < 1.29 is 4.79 Å². The molecule has 0 saturated carbocycles. The van der Waals surface area contributed by atoms with Crippen molar-refractivity contribution >= 4 is 21.7 Å². The van der Waals surface area contributed by atoms with E-state index < -0.39 is 0 Å². The number of ketones is 1. The van der Waals surface area contributed by atoms with E-state index in [1.807, 2.05) is 6.92 Å². The molecule has 2 rings (SSSR count). The van der Waals surface area contributed by atoms with Gasteiger partial charge in [0, 0.05) is 28.3 Å². The van der Waals surface area contributed by atoms with E-state index in [-0.39, 0.29) is 11.7 Å². The Balaban J connectivity index is 2.55. The number of halogens is 1. The molecule has 0 aromatic carbocycles. The second-order valence-electron chi connectivity index (χ2n) is 3.45. The molecule has 0 bridgehead atoms. The first-order chi connectivity index (χ1) is 6.20. The lowest BCUT2D eigenvalue weighted by Gasteiger charge is -2.20. The summed E-state index contributed by atoms with van der Waals surface area (Å²) < 4.78 is 0.963. The van der Waals surface area contributed by atoms with Crippen molar-refractivity contribution in [3.05, 3.63) is 28.0 Å². The molecule has 1 heterocycles. The van der Waals surface area contributed by atoms with Crippen LogP contribution in [0.2, 0.25) is 0 Å². The average molecular weight is 240 g/mol. The molecule has 0 aliphatic heterocycles. The normalized spacial score (nSPS) is 21.4. The van der Waals surface area contributed by atoms with Crippen molar-refractivity contribution in [1.29, 1.82) is 0 Å². The van der Waals surface area contributed by atoms with Crippen LogP contribution in [0.25, 0.3) is 0 Å². The second kappa shape index (κ2) is 3.22. The van der Waals surface area contributed by atoms with Gasteiger partial charge in [-0.25, -0.2) is 0 Å². The van der Waals surface area contributed by atoms with Crippen molar-refractivity contribution in [1.82, 2.24) is 4.98 Å². The Bertz CT molecular complexity index is 362. The number of hydrogen-bond acceptors (Lipinski definition) is 2. The molecule has 1 aromatic rings. The molecule has 0 amide bonds. The molecule has 1 aromatic heterocycles. The summed E-state index contributed by atoms with van der Waals surface area (Å²) in [5.74, 6) is 0.388. The predicted molar refractivity (Wildman–Crippen MR) is 53.8 cm³/mol. The van der Waals surface area contributed by atoms with Crippen LogP contribution in [0.15, 0.2) is 16.9 Å². The molecule has 2 nitrogen and oxygen atoms in total. The lowest BCUT2D eigenvalue weighted by atomic mass is 9.85. The molecule has 1 unspecified atom stereocenters. The van der Waals surface area contributed by atoms with Crippen LogP contribution in [0.3, 0.4) is 0 Å². The van der Waals surface area contributed by atoms with Crippen LogP contribution in [0, 0.1) is 5.92 Å². The summed E-state index contributed by atoms with van der Waals surface area (Å²) in [6.45, 7) is 1.98. The van der Waals surface area contributed by atoms with E-state index in [0.29, 0.717) is 0 Å². The number of aromatic nitrogens is 1. The zero-order valence-electron chi connectivity index (χ0n) is 7.38. The van der Waals surface area contributed by atoms with Gasteiger partial charge in [0.15, 0.2) is 5.78 Å². The first-order valence-electron chi connectivity index (χ1n) is 4.36.